The van der Waals surface area contributed by atoms with Crippen LogP contribution in [0.2, 0.25) is 5.02 Å². The second-order valence-corrected chi connectivity index (χ2v) is 11.0. The van der Waals surface area contributed by atoms with Crippen LogP contribution >= 0.6 is 27.5 Å². The first-order chi connectivity index (χ1) is 19.3. The molecule has 4 aromatic rings. The molecule has 1 saturated heterocycles. The highest BCUT2D eigenvalue weighted by molar-refractivity contribution is 9.10. The van der Waals surface area contributed by atoms with Crippen molar-refractivity contribution in [2.24, 2.45) is 0 Å². The van der Waals surface area contributed by atoms with E-state index in [0.717, 1.165) is 5.56 Å². The number of rotatable bonds is 4. The van der Waals surface area contributed by atoms with Crippen LogP contribution in [-0.2, 0) is 16.1 Å². The standard InChI is InChI=1S/C30H28BrClN4O4/c1-34-14-7-15-35(28(37)22-10-5-6-11-24(22)31)26(30(39)40-17-16-34)27-33-25-18-21(32)12-13-23(25)29(38)36(27)19-20-8-3-2-4-9-20/h2-6,8-13,18,26H,7,14-17,19H2,1H3. The van der Waals surface area contributed by atoms with E-state index in [2.05, 4.69) is 20.8 Å². The highest BCUT2D eigenvalue weighted by atomic mass is 79.9. The fourth-order valence-electron chi connectivity index (χ4n) is 4.85. The number of carbonyl (C=O) groups is 2. The lowest BCUT2D eigenvalue weighted by molar-refractivity contribution is -0.150. The van der Waals surface area contributed by atoms with Crippen molar-refractivity contribution in [1.29, 1.82) is 0 Å². The van der Waals surface area contributed by atoms with Crippen molar-refractivity contribution < 1.29 is 14.3 Å². The third kappa shape index (κ3) is 5.96. The Kier molecular flexibility index (Phi) is 8.63. The Labute approximate surface area is 245 Å². The van der Waals surface area contributed by atoms with E-state index in [9.17, 15) is 14.4 Å². The van der Waals surface area contributed by atoms with Gasteiger partial charge < -0.3 is 14.5 Å². The minimum absolute atomic E-state index is 0.128. The van der Waals surface area contributed by atoms with Gasteiger partial charge in [-0.25, -0.2) is 9.78 Å². The lowest BCUT2D eigenvalue weighted by atomic mass is 10.1. The molecule has 1 atom stereocenters. The van der Waals surface area contributed by atoms with E-state index in [1.165, 1.54) is 9.47 Å². The summed E-state index contributed by atoms with van der Waals surface area (Å²) in [5, 5.41) is 0.770. The minimum Gasteiger partial charge on any atom is -0.462 e. The Hall–Kier alpha value is -3.53. The molecule has 10 heteroatoms. The Morgan fingerprint density at radius 2 is 1.77 bits per heavy atom. The van der Waals surface area contributed by atoms with Crippen LogP contribution in [0.3, 0.4) is 0 Å². The molecule has 1 aliphatic heterocycles. The van der Waals surface area contributed by atoms with Crippen LogP contribution in [0.25, 0.3) is 10.9 Å². The zero-order valence-corrected chi connectivity index (χ0v) is 24.3. The highest BCUT2D eigenvalue weighted by Crippen LogP contribution is 2.28. The SMILES string of the molecule is CN1CCCN(C(=O)c2ccccc2Br)C(c2nc3cc(Cl)ccc3c(=O)n2Cc2ccccc2)C(=O)OCC1. The van der Waals surface area contributed by atoms with Crippen molar-refractivity contribution in [3.8, 4) is 0 Å². The van der Waals surface area contributed by atoms with Gasteiger partial charge in [0.15, 0.2) is 6.04 Å². The topological polar surface area (TPSA) is 84.7 Å². The summed E-state index contributed by atoms with van der Waals surface area (Å²) >= 11 is 9.75. The van der Waals surface area contributed by atoms with E-state index in [-0.39, 0.29) is 37.0 Å². The summed E-state index contributed by atoms with van der Waals surface area (Å²) in [6.07, 6.45) is 0.610. The Balaban J connectivity index is 1.73. The maximum absolute atomic E-state index is 14.1. The maximum atomic E-state index is 14.1. The molecule has 0 N–H and O–H groups in total. The van der Waals surface area contributed by atoms with Crippen LogP contribution in [0, 0.1) is 0 Å². The van der Waals surface area contributed by atoms with E-state index in [1.807, 2.05) is 43.4 Å². The quantitative estimate of drug-likeness (QED) is 0.300. The number of hydrogen-bond donors (Lipinski definition) is 0. The molecule has 2 heterocycles. The number of likely N-dealkylation sites (N-methyl/N-ethyl adjacent to an activating group) is 1. The third-order valence-corrected chi connectivity index (χ3v) is 7.86. The minimum atomic E-state index is -1.26. The second kappa shape index (κ2) is 12.3. The summed E-state index contributed by atoms with van der Waals surface area (Å²) in [5.41, 5.74) is 1.25. The second-order valence-electron chi connectivity index (χ2n) is 9.71. The van der Waals surface area contributed by atoms with Gasteiger partial charge in [0.05, 0.1) is 23.0 Å². The number of amides is 1. The van der Waals surface area contributed by atoms with Crippen molar-refractivity contribution in [2.75, 3.05) is 33.3 Å². The average molecular weight is 624 g/mol. The van der Waals surface area contributed by atoms with Crippen molar-refractivity contribution >= 4 is 50.3 Å². The van der Waals surface area contributed by atoms with Gasteiger partial charge in [0.1, 0.15) is 12.4 Å². The lowest BCUT2D eigenvalue weighted by Crippen LogP contribution is -2.45. The van der Waals surface area contributed by atoms with Crippen LogP contribution in [0.4, 0.5) is 0 Å². The molecule has 3 aromatic carbocycles. The zero-order chi connectivity index (χ0) is 28.2. The molecular weight excluding hydrogens is 596 g/mol. The molecule has 0 aliphatic carbocycles. The third-order valence-electron chi connectivity index (χ3n) is 6.93. The van der Waals surface area contributed by atoms with Gasteiger partial charge in [-0.05, 0) is 71.8 Å². The summed E-state index contributed by atoms with van der Waals surface area (Å²) in [7, 11) is 1.94. The highest BCUT2D eigenvalue weighted by Gasteiger charge is 2.38. The van der Waals surface area contributed by atoms with Crippen LogP contribution in [0.5, 0.6) is 0 Å². The van der Waals surface area contributed by atoms with Crippen molar-refractivity contribution in [3.63, 3.8) is 0 Å². The lowest BCUT2D eigenvalue weighted by Gasteiger charge is -2.33. The number of benzene rings is 3. The van der Waals surface area contributed by atoms with Crippen LogP contribution < -0.4 is 5.56 Å². The Morgan fingerprint density at radius 1 is 1.02 bits per heavy atom. The smallest absolute Gasteiger partial charge is 0.336 e. The molecule has 206 valence electrons. The van der Waals surface area contributed by atoms with Crippen molar-refractivity contribution in [1.82, 2.24) is 19.4 Å². The molecule has 1 fully saturated rings. The molecule has 1 aliphatic rings. The summed E-state index contributed by atoms with van der Waals surface area (Å²) in [5.74, 6) is -0.891. The Bertz CT molecular complexity index is 1610. The molecule has 0 radical (unpaired) electrons. The molecule has 40 heavy (non-hydrogen) atoms. The molecule has 0 saturated carbocycles. The number of cyclic esters (lactones) is 1. The van der Waals surface area contributed by atoms with Crippen LogP contribution in [-0.4, -0.2) is 64.5 Å². The molecule has 1 unspecified atom stereocenters. The fourth-order valence-corrected chi connectivity index (χ4v) is 5.47. The molecule has 0 spiro atoms. The number of aromatic nitrogens is 2. The fraction of sp³-hybridized carbons (Fsp3) is 0.267. The summed E-state index contributed by atoms with van der Waals surface area (Å²) in [6.45, 7) is 1.80. The number of hydrogen-bond acceptors (Lipinski definition) is 6. The first kappa shape index (κ1) is 28.0. The first-order valence-corrected chi connectivity index (χ1v) is 14.1. The largest absolute Gasteiger partial charge is 0.462 e. The summed E-state index contributed by atoms with van der Waals surface area (Å²) < 4.78 is 7.78. The van der Waals surface area contributed by atoms with Gasteiger partial charge in [-0.3, -0.25) is 14.2 Å². The Morgan fingerprint density at radius 3 is 2.55 bits per heavy atom. The molecule has 1 amide bonds. The van der Waals surface area contributed by atoms with Gasteiger partial charge in [0.2, 0.25) is 0 Å². The predicted molar refractivity (Wildman–Crippen MR) is 158 cm³/mol. The average Bonchev–Trinajstić information content (AvgIpc) is 2.94. The van der Waals surface area contributed by atoms with E-state index >= 15 is 0 Å². The number of carbonyl (C=O) groups excluding carboxylic acids is 2. The van der Waals surface area contributed by atoms with Gasteiger partial charge in [0.25, 0.3) is 11.5 Å². The molecular formula is C30H28BrClN4O4. The van der Waals surface area contributed by atoms with Crippen molar-refractivity contribution in [2.45, 2.75) is 19.0 Å². The predicted octanol–water partition coefficient (Wildman–Crippen LogP) is 4.92. The molecule has 8 nitrogen and oxygen atoms in total. The number of fused-ring (bicyclic) bond motifs is 1. The molecule has 5 rings (SSSR count). The van der Waals surface area contributed by atoms with Crippen LogP contribution in [0.1, 0.15) is 34.2 Å². The maximum Gasteiger partial charge on any atom is 0.336 e. The van der Waals surface area contributed by atoms with Crippen molar-refractivity contribution in [3.05, 3.63) is 110 Å². The first-order valence-electron chi connectivity index (χ1n) is 13.0. The van der Waals surface area contributed by atoms with Gasteiger partial charge in [0, 0.05) is 22.6 Å². The van der Waals surface area contributed by atoms with Gasteiger partial charge in [-0.1, -0.05) is 54.1 Å². The van der Waals surface area contributed by atoms with E-state index in [1.54, 1.807) is 36.4 Å². The number of nitrogens with zero attached hydrogens (tertiary/aromatic N) is 4. The monoisotopic (exact) mass is 622 g/mol. The van der Waals surface area contributed by atoms with E-state index < -0.39 is 12.0 Å². The molecule has 0 bridgehead atoms. The van der Waals surface area contributed by atoms with Gasteiger partial charge in [-0.2, -0.15) is 0 Å². The summed E-state index contributed by atoms with van der Waals surface area (Å²) in [6, 6.07) is 20.1. The zero-order valence-electron chi connectivity index (χ0n) is 21.9. The van der Waals surface area contributed by atoms with Crippen LogP contribution in [0.15, 0.2) is 82.1 Å². The number of halogens is 2. The van der Waals surface area contributed by atoms with Gasteiger partial charge in [-0.15, -0.1) is 0 Å². The van der Waals surface area contributed by atoms with Gasteiger partial charge >= 0.3 is 5.97 Å². The number of ether oxygens (including phenoxy) is 1. The normalized spacial score (nSPS) is 17.0. The number of esters is 1. The van der Waals surface area contributed by atoms with E-state index in [4.69, 9.17) is 21.3 Å². The van der Waals surface area contributed by atoms with E-state index in [0.29, 0.717) is 45.5 Å². The molecule has 1 aromatic heterocycles. The summed E-state index contributed by atoms with van der Waals surface area (Å²) in [4.78, 5) is 50.3.